The first-order chi connectivity index (χ1) is 5.02. The van der Waals surface area contributed by atoms with Crippen LogP contribution >= 0.6 is 11.8 Å². The van der Waals surface area contributed by atoms with Crippen molar-refractivity contribution >= 4 is 28.9 Å². The highest BCUT2D eigenvalue weighted by Crippen LogP contribution is 2.06. The average molecular weight is 177 g/mol. The fourth-order valence-electron chi connectivity index (χ4n) is 0.317. The molecule has 1 aliphatic heterocycles. The van der Waals surface area contributed by atoms with Gasteiger partial charge in [-0.05, 0) is 0 Å². The van der Waals surface area contributed by atoms with Gasteiger partial charge in [0.15, 0.2) is 0 Å². The molecule has 6 heteroatoms. The van der Waals surface area contributed by atoms with Gasteiger partial charge in [-0.2, -0.15) is 0 Å². The summed E-state index contributed by atoms with van der Waals surface area (Å²) in [6.45, 7) is 1.08. The fraction of sp³-hybridized carbons (Fsp3) is 0.400. The first kappa shape index (κ1) is 9.96. The summed E-state index contributed by atoms with van der Waals surface area (Å²) < 4.78 is 0. The maximum atomic E-state index is 10.1. The molecule has 0 aromatic heterocycles. The number of aliphatic carboxylic acids is 1. The molecule has 0 radical (unpaired) electrons. The largest absolute Gasteiger partial charge is 0.481 e. The van der Waals surface area contributed by atoms with Crippen molar-refractivity contribution in [3.8, 4) is 0 Å². The van der Waals surface area contributed by atoms with Crippen LogP contribution in [0.2, 0.25) is 0 Å². The standard InChI is InChI=1S/C3H3NO2S.C2H4O2/c5-2-1-7-3(6)4-2;1-2(3)4/h1H2,(H,4,5,6);1H3,(H,3,4). The molecule has 2 N–H and O–H groups in total. The molecule has 2 amide bonds. The molecule has 1 aliphatic rings. The van der Waals surface area contributed by atoms with Crippen molar-refractivity contribution in [1.29, 1.82) is 0 Å². The zero-order chi connectivity index (χ0) is 8.85. The molecule has 0 aliphatic carbocycles. The van der Waals surface area contributed by atoms with E-state index in [-0.39, 0.29) is 11.1 Å². The minimum Gasteiger partial charge on any atom is -0.481 e. The predicted molar refractivity (Wildman–Crippen MR) is 39.3 cm³/mol. The van der Waals surface area contributed by atoms with Crippen LogP contribution in [-0.4, -0.2) is 28.0 Å². The minimum absolute atomic E-state index is 0.185. The fourth-order valence-corrected chi connectivity index (χ4v) is 0.837. The summed E-state index contributed by atoms with van der Waals surface area (Å²) in [5, 5.41) is 9.29. The Morgan fingerprint density at radius 2 is 2.09 bits per heavy atom. The second-order valence-electron chi connectivity index (χ2n) is 1.64. The van der Waals surface area contributed by atoms with Gasteiger partial charge in [0.25, 0.3) is 11.2 Å². The summed E-state index contributed by atoms with van der Waals surface area (Å²) in [6, 6.07) is 0. The van der Waals surface area contributed by atoms with E-state index in [9.17, 15) is 9.59 Å². The lowest BCUT2D eigenvalue weighted by molar-refractivity contribution is -0.134. The number of hydrogen-bond acceptors (Lipinski definition) is 4. The third kappa shape index (κ3) is 6.85. The molecule has 0 aromatic rings. The molecule has 0 aromatic carbocycles. The van der Waals surface area contributed by atoms with Crippen LogP contribution in [0.1, 0.15) is 6.92 Å². The summed E-state index contributed by atoms with van der Waals surface area (Å²) in [7, 11) is 0. The van der Waals surface area contributed by atoms with Gasteiger partial charge in [-0.3, -0.25) is 19.7 Å². The number of imide groups is 1. The van der Waals surface area contributed by atoms with Gasteiger partial charge >= 0.3 is 0 Å². The van der Waals surface area contributed by atoms with E-state index in [2.05, 4.69) is 5.32 Å². The van der Waals surface area contributed by atoms with Gasteiger partial charge < -0.3 is 5.11 Å². The van der Waals surface area contributed by atoms with Crippen LogP contribution in [0.15, 0.2) is 0 Å². The van der Waals surface area contributed by atoms with E-state index in [1.165, 1.54) is 0 Å². The van der Waals surface area contributed by atoms with Gasteiger partial charge in [0, 0.05) is 6.92 Å². The lowest BCUT2D eigenvalue weighted by Crippen LogP contribution is -2.18. The van der Waals surface area contributed by atoms with Crippen LogP contribution in [0.3, 0.4) is 0 Å². The quantitative estimate of drug-likeness (QED) is 0.546. The number of carboxylic acids is 1. The molecule has 11 heavy (non-hydrogen) atoms. The van der Waals surface area contributed by atoms with Gasteiger partial charge in [0.05, 0.1) is 5.75 Å². The van der Waals surface area contributed by atoms with Crippen LogP contribution < -0.4 is 5.32 Å². The Morgan fingerprint density at radius 3 is 2.18 bits per heavy atom. The van der Waals surface area contributed by atoms with Crippen molar-refractivity contribution in [3.63, 3.8) is 0 Å². The van der Waals surface area contributed by atoms with E-state index in [4.69, 9.17) is 9.90 Å². The monoisotopic (exact) mass is 177 g/mol. The van der Waals surface area contributed by atoms with Crippen LogP contribution in [0, 0.1) is 0 Å². The molecule has 0 bridgehead atoms. The number of nitrogens with one attached hydrogen (secondary N) is 1. The lowest BCUT2D eigenvalue weighted by Gasteiger charge is -1.77. The Labute approximate surface area is 67.2 Å². The van der Waals surface area contributed by atoms with Gasteiger partial charge in [-0.15, -0.1) is 0 Å². The van der Waals surface area contributed by atoms with Gasteiger partial charge in [-0.1, -0.05) is 11.8 Å². The van der Waals surface area contributed by atoms with Crippen molar-refractivity contribution in [2.24, 2.45) is 0 Å². The number of carboxylic acid groups (broad SMARTS) is 1. The highest BCUT2D eigenvalue weighted by Gasteiger charge is 2.16. The number of carbonyl (C=O) groups excluding carboxylic acids is 2. The Balaban J connectivity index is 0.000000218. The van der Waals surface area contributed by atoms with Crippen LogP contribution in [0.5, 0.6) is 0 Å². The van der Waals surface area contributed by atoms with E-state index >= 15 is 0 Å². The SMILES string of the molecule is CC(=O)O.O=C1CSC(=O)N1. The van der Waals surface area contributed by atoms with E-state index in [1.807, 2.05) is 0 Å². The van der Waals surface area contributed by atoms with Crippen molar-refractivity contribution in [1.82, 2.24) is 5.32 Å². The molecule has 1 heterocycles. The topological polar surface area (TPSA) is 83.5 Å². The molecule has 0 unspecified atom stereocenters. The summed E-state index contributed by atoms with van der Waals surface area (Å²) in [5.74, 6) is -0.728. The minimum atomic E-state index is -0.833. The van der Waals surface area contributed by atoms with Gasteiger partial charge in [0.1, 0.15) is 0 Å². The third-order valence-electron chi connectivity index (χ3n) is 0.576. The molecule has 1 fully saturated rings. The number of carbonyl (C=O) groups is 3. The maximum absolute atomic E-state index is 10.1. The third-order valence-corrected chi connectivity index (χ3v) is 1.35. The van der Waals surface area contributed by atoms with Gasteiger partial charge in [-0.25, -0.2) is 0 Å². The zero-order valence-corrected chi connectivity index (χ0v) is 6.60. The lowest BCUT2D eigenvalue weighted by atomic mass is 10.7. The first-order valence-corrected chi connectivity index (χ1v) is 3.67. The van der Waals surface area contributed by atoms with E-state index in [0.717, 1.165) is 18.7 Å². The normalized spacial score (nSPS) is 15.0. The van der Waals surface area contributed by atoms with Gasteiger partial charge in [0.2, 0.25) is 5.91 Å². The molecule has 1 rings (SSSR count). The van der Waals surface area contributed by atoms with Crippen molar-refractivity contribution < 1.29 is 19.5 Å². The second-order valence-corrected chi connectivity index (χ2v) is 2.59. The molecule has 0 saturated carbocycles. The van der Waals surface area contributed by atoms with Crippen molar-refractivity contribution in [2.45, 2.75) is 6.92 Å². The Morgan fingerprint density at radius 1 is 1.64 bits per heavy atom. The van der Waals surface area contributed by atoms with E-state index < -0.39 is 5.97 Å². The number of amides is 2. The number of rotatable bonds is 0. The van der Waals surface area contributed by atoms with Crippen LogP contribution in [-0.2, 0) is 9.59 Å². The predicted octanol–water partition coefficient (Wildman–Crippen LogP) is 0.0603. The van der Waals surface area contributed by atoms with E-state index in [1.54, 1.807) is 0 Å². The van der Waals surface area contributed by atoms with Crippen LogP contribution in [0.25, 0.3) is 0 Å². The highest BCUT2D eigenvalue weighted by atomic mass is 32.2. The summed E-state index contributed by atoms with van der Waals surface area (Å²) in [4.78, 5) is 29.2. The van der Waals surface area contributed by atoms with Crippen LogP contribution in [0.4, 0.5) is 4.79 Å². The Bertz CT molecular complexity index is 173. The number of hydrogen-bond donors (Lipinski definition) is 2. The molecular weight excluding hydrogens is 170 g/mol. The summed E-state index contributed by atoms with van der Waals surface area (Å²) in [5.41, 5.74) is 0. The Hall–Kier alpha value is -1.04. The van der Waals surface area contributed by atoms with E-state index in [0.29, 0.717) is 5.75 Å². The molecule has 5 nitrogen and oxygen atoms in total. The zero-order valence-electron chi connectivity index (χ0n) is 5.79. The Kier molecular flexibility index (Phi) is 4.28. The summed E-state index contributed by atoms with van der Waals surface area (Å²) in [6.07, 6.45) is 0. The maximum Gasteiger partial charge on any atom is 0.300 e. The molecule has 0 spiro atoms. The smallest absolute Gasteiger partial charge is 0.300 e. The molecule has 0 atom stereocenters. The molecular formula is C5H7NO4S. The summed E-state index contributed by atoms with van der Waals surface area (Å²) >= 11 is 1.01. The van der Waals surface area contributed by atoms with Crippen molar-refractivity contribution in [3.05, 3.63) is 0 Å². The van der Waals surface area contributed by atoms with Crippen molar-refractivity contribution in [2.75, 3.05) is 5.75 Å². The highest BCUT2D eigenvalue weighted by molar-refractivity contribution is 8.14. The number of thioether (sulfide) groups is 1. The molecule has 1 saturated heterocycles. The molecule has 62 valence electrons. The first-order valence-electron chi connectivity index (χ1n) is 2.68. The average Bonchev–Trinajstić information content (AvgIpc) is 2.13. The second kappa shape index (κ2) is 4.73.